The van der Waals surface area contributed by atoms with E-state index in [0.717, 1.165) is 0 Å². The summed E-state index contributed by atoms with van der Waals surface area (Å²) in [6, 6.07) is 5.45. The summed E-state index contributed by atoms with van der Waals surface area (Å²) in [5.41, 5.74) is 6.11. The van der Waals surface area contributed by atoms with Crippen molar-refractivity contribution in [3.63, 3.8) is 0 Å². The minimum Gasteiger partial charge on any atom is -0.435 e. The van der Waals surface area contributed by atoms with Crippen LogP contribution in [0.5, 0.6) is 5.75 Å². The van der Waals surface area contributed by atoms with Crippen molar-refractivity contribution in [3.8, 4) is 5.75 Å². The van der Waals surface area contributed by atoms with E-state index in [-0.39, 0.29) is 11.2 Å². The van der Waals surface area contributed by atoms with Crippen molar-refractivity contribution in [1.29, 1.82) is 0 Å². The lowest BCUT2D eigenvalue weighted by Crippen LogP contribution is -2.36. The maximum atomic E-state index is 12.1. The Kier molecular flexibility index (Phi) is 4.65. The number of aliphatic hydroxyl groups is 1. The van der Waals surface area contributed by atoms with Gasteiger partial charge in [-0.3, -0.25) is 0 Å². The van der Waals surface area contributed by atoms with Crippen LogP contribution >= 0.6 is 0 Å². The summed E-state index contributed by atoms with van der Waals surface area (Å²) in [6.45, 7) is 2.70. The quantitative estimate of drug-likeness (QED) is 0.874. The summed E-state index contributed by atoms with van der Waals surface area (Å²) >= 11 is 0. The van der Waals surface area contributed by atoms with Crippen LogP contribution in [0.15, 0.2) is 24.3 Å². The molecule has 0 fully saturated rings. The van der Waals surface area contributed by atoms with Gasteiger partial charge in [0.1, 0.15) is 5.75 Å². The number of alkyl halides is 2. The molecular weight excluding hydrogens is 240 g/mol. The molecule has 0 bridgehead atoms. The fourth-order valence-corrected chi connectivity index (χ4v) is 1.62. The third-order valence-electron chi connectivity index (χ3n) is 2.70. The Balaban J connectivity index is 2.89. The highest BCUT2D eigenvalue weighted by Crippen LogP contribution is 2.30. The topological polar surface area (TPSA) is 55.5 Å². The van der Waals surface area contributed by atoms with Crippen molar-refractivity contribution in [2.45, 2.75) is 39.5 Å². The number of rotatable bonds is 4. The van der Waals surface area contributed by atoms with E-state index in [1.54, 1.807) is 12.1 Å². The van der Waals surface area contributed by atoms with Crippen LogP contribution in [-0.2, 0) is 0 Å². The van der Waals surface area contributed by atoms with Gasteiger partial charge in [-0.25, -0.2) is 0 Å². The molecule has 2 atom stereocenters. The van der Waals surface area contributed by atoms with Gasteiger partial charge in [0.2, 0.25) is 0 Å². The molecule has 3 N–H and O–H groups in total. The normalized spacial score (nSPS) is 15.6. The van der Waals surface area contributed by atoms with Crippen molar-refractivity contribution < 1.29 is 18.6 Å². The average molecular weight is 259 g/mol. The first kappa shape index (κ1) is 14.9. The van der Waals surface area contributed by atoms with Crippen LogP contribution < -0.4 is 10.5 Å². The Bertz CT molecular complexity index is 391. The van der Waals surface area contributed by atoms with Crippen LogP contribution in [0, 0.1) is 5.41 Å². The molecule has 0 aliphatic heterocycles. The lowest BCUT2D eigenvalue weighted by atomic mass is 9.82. The zero-order valence-corrected chi connectivity index (χ0v) is 10.7. The van der Waals surface area contributed by atoms with Crippen LogP contribution in [0.1, 0.15) is 32.4 Å². The Morgan fingerprint density at radius 1 is 1.28 bits per heavy atom. The first-order valence-electron chi connectivity index (χ1n) is 5.70. The molecule has 5 heteroatoms. The standard InChI is InChI=1S/C13H19F2NO2/c1-13(2,3)11(17)10(16)8-5-4-6-9(7-8)18-12(14)15/h4-7,10-12,17H,16H2,1-3H3/t10-,11-/m0/s1. The van der Waals surface area contributed by atoms with Gasteiger partial charge in [-0.1, -0.05) is 32.9 Å². The second kappa shape index (κ2) is 5.63. The molecule has 0 saturated heterocycles. The molecule has 0 aliphatic carbocycles. The second-order valence-electron chi connectivity index (χ2n) is 5.29. The third kappa shape index (κ3) is 3.92. The van der Waals surface area contributed by atoms with Gasteiger partial charge in [0.25, 0.3) is 0 Å². The van der Waals surface area contributed by atoms with Gasteiger partial charge in [0.15, 0.2) is 0 Å². The van der Waals surface area contributed by atoms with Crippen LogP contribution in [0.4, 0.5) is 8.78 Å². The number of hydrogen-bond acceptors (Lipinski definition) is 3. The minimum absolute atomic E-state index is 0.0408. The van der Waals surface area contributed by atoms with Crippen molar-refractivity contribution in [2.75, 3.05) is 0 Å². The molecule has 0 spiro atoms. The van der Waals surface area contributed by atoms with Crippen molar-refractivity contribution in [2.24, 2.45) is 11.1 Å². The van der Waals surface area contributed by atoms with Crippen LogP contribution in [0.25, 0.3) is 0 Å². The molecule has 0 amide bonds. The predicted molar refractivity (Wildman–Crippen MR) is 65.5 cm³/mol. The number of aliphatic hydroxyl groups excluding tert-OH is 1. The summed E-state index contributed by atoms with van der Waals surface area (Å²) < 4.78 is 28.5. The van der Waals surface area contributed by atoms with Crippen LogP contribution in [-0.4, -0.2) is 17.8 Å². The van der Waals surface area contributed by atoms with Gasteiger partial charge in [0.05, 0.1) is 12.1 Å². The average Bonchev–Trinajstić information content (AvgIpc) is 2.25. The molecule has 1 rings (SSSR count). The Labute approximate surface area is 106 Å². The SMILES string of the molecule is CC(C)(C)[C@@H](O)[C@@H](N)c1cccc(OC(F)F)c1. The minimum atomic E-state index is -2.87. The van der Waals surface area contributed by atoms with Crippen LogP contribution in [0.3, 0.4) is 0 Å². The highest BCUT2D eigenvalue weighted by Gasteiger charge is 2.29. The van der Waals surface area contributed by atoms with E-state index in [1.807, 2.05) is 20.8 Å². The lowest BCUT2D eigenvalue weighted by molar-refractivity contribution is -0.0499. The largest absolute Gasteiger partial charge is 0.435 e. The highest BCUT2D eigenvalue weighted by atomic mass is 19.3. The second-order valence-corrected chi connectivity index (χ2v) is 5.29. The fourth-order valence-electron chi connectivity index (χ4n) is 1.62. The first-order chi connectivity index (χ1) is 8.21. The van der Waals surface area contributed by atoms with Gasteiger partial charge in [0, 0.05) is 0 Å². The van der Waals surface area contributed by atoms with Gasteiger partial charge >= 0.3 is 6.61 Å². The van der Waals surface area contributed by atoms with Crippen molar-refractivity contribution >= 4 is 0 Å². The van der Waals surface area contributed by atoms with Gasteiger partial charge < -0.3 is 15.6 Å². The summed E-state index contributed by atoms with van der Waals surface area (Å²) in [7, 11) is 0. The van der Waals surface area contributed by atoms with Crippen molar-refractivity contribution in [1.82, 2.24) is 0 Å². The molecule has 0 unspecified atom stereocenters. The van der Waals surface area contributed by atoms with E-state index >= 15 is 0 Å². The highest BCUT2D eigenvalue weighted by molar-refractivity contribution is 5.31. The maximum absolute atomic E-state index is 12.1. The van der Waals surface area contributed by atoms with E-state index in [9.17, 15) is 13.9 Å². The number of hydrogen-bond donors (Lipinski definition) is 2. The number of halogens is 2. The fraction of sp³-hybridized carbons (Fsp3) is 0.538. The van der Waals surface area contributed by atoms with Crippen LogP contribution in [0.2, 0.25) is 0 Å². The number of benzene rings is 1. The molecule has 18 heavy (non-hydrogen) atoms. The molecule has 0 aliphatic rings. The summed E-state index contributed by atoms with van der Waals surface area (Å²) in [4.78, 5) is 0. The summed E-state index contributed by atoms with van der Waals surface area (Å²) in [6.07, 6.45) is -0.778. The molecule has 3 nitrogen and oxygen atoms in total. The Morgan fingerprint density at radius 3 is 2.39 bits per heavy atom. The summed E-state index contributed by atoms with van der Waals surface area (Å²) in [5.74, 6) is 0.0408. The van der Waals surface area contributed by atoms with E-state index < -0.39 is 18.8 Å². The Hall–Kier alpha value is -1.20. The maximum Gasteiger partial charge on any atom is 0.387 e. The Morgan fingerprint density at radius 2 is 1.89 bits per heavy atom. The van der Waals surface area contributed by atoms with E-state index in [1.165, 1.54) is 12.1 Å². The third-order valence-corrected chi connectivity index (χ3v) is 2.70. The van der Waals surface area contributed by atoms with Gasteiger partial charge in [-0.05, 0) is 23.1 Å². The molecular formula is C13H19F2NO2. The van der Waals surface area contributed by atoms with E-state index in [2.05, 4.69) is 4.74 Å². The van der Waals surface area contributed by atoms with Crippen molar-refractivity contribution in [3.05, 3.63) is 29.8 Å². The number of ether oxygens (including phenoxy) is 1. The number of nitrogens with two attached hydrogens (primary N) is 1. The molecule has 0 radical (unpaired) electrons. The first-order valence-corrected chi connectivity index (χ1v) is 5.70. The zero-order chi connectivity index (χ0) is 13.9. The predicted octanol–water partition coefficient (Wildman–Crippen LogP) is 2.69. The molecule has 1 aromatic carbocycles. The van der Waals surface area contributed by atoms with E-state index in [0.29, 0.717) is 5.56 Å². The van der Waals surface area contributed by atoms with E-state index in [4.69, 9.17) is 5.73 Å². The van der Waals surface area contributed by atoms with Gasteiger partial charge in [-0.15, -0.1) is 0 Å². The molecule has 1 aromatic rings. The molecule has 102 valence electrons. The summed E-state index contributed by atoms with van der Waals surface area (Å²) in [5, 5.41) is 10.1. The van der Waals surface area contributed by atoms with Gasteiger partial charge in [-0.2, -0.15) is 8.78 Å². The molecule has 0 heterocycles. The lowest BCUT2D eigenvalue weighted by Gasteiger charge is -2.31. The zero-order valence-electron chi connectivity index (χ0n) is 10.7. The monoisotopic (exact) mass is 259 g/mol. The smallest absolute Gasteiger partial charge is 0.387 e. The molecule has 0 aromatic heterocycles. The molecule has 0 saturated carbocycles.